The quantitative estimate of drug-likeness (QED) is 0.587. The predicted molar refractivity (Wildman–Crippen MR) is 125 cm³/mol. The van der Waals surface area contributed by atoms with Crippen LogP contribution in [0.15, 0.2) is 42.5 Å². The second-order valence-electron chi connectivity index (χ2n) is 8.39. The maximum atomic E-state index is 12.7. The van der Waals surface area contributed by atoms with Gasteiger partial charge in [0.1, 0.15) is 11.5 Å². The number of amides is 2. The number of carbonyl (C=O) groups is 2. The van der Waals surface area contributed by atoms with Gasteiger partial charge in [-0.1, -0.05) is 35.9 Å². The molecular formula is C26H34N2O4. The van der Waals surface area contributed by atoms with Gasteiger partial charge in [0.2, 0.25) is 5.91 Å². The molecule has 0 unspecified atom stereocenters. The van der Waals surface area contributed by atoms with Crippen molar-refractivity contribution in [3.05, 3.63) is 59.2 Å². The minimum atomic E-state index is -0.0399. The lowest BCUT2D eigenvalue weighted by atomic mass is 10.1. The SMILES string of the molecule is Cc1ccc(OCC(=O)N2CCCN(C(=O)CCCOc3c(C)cccc3C)CC2)cc1. The van der Waals surface area contributed by atoms with E-state index in [1.54, 1.807) is 4.90 Å². The highest BCUT2D eigenvalue weighted by molar-refractivity contribution is 5.78. The van der Waals surface area contributed by atoms with E-state index in [9.17, 15) is 9.59 Å². The molecule has 0 saturated carbocycles. The molecule has 1 aliphatic rings. The Morgan fingerprint density at radius 2 is 1.44 bits per heavy atom. The molecular weight excluding hydrogens is 404 g/mol. The third-order valence-electron chi connectivity index (χ3n) is 5.77. The van der Waals surface area contributed by atoms with Crippen molar-refractivity contribution in [2.24, 2.45) is 0 Å². The second kappa shape index (κ2) is 11.6. The summed E-state index contributed by atoms with van der Waals surface area (Å²) in [4.78, 5) is 28.9. The van der Waals surface area contributed by atoms with Gasteiger partial charge in [0.05, 0.1) is 6.61 Å². The molecule has 0 atom stereocenters. The summed E-state index contributed by atoms with van der Waals surface area (Å²) in [5.74, 6) is 1.69. The van der Waals surface area contributed by atoms with Crippen LogP contribution in [-0.4, -0.2) is 61.0 Å². The van der Waals surface area contributed by atoms with Crippen LogP contribution in [0.25, 0.3) is 0 Å². The van der Waals surface area contributed by atoms with E-state index in [4.69, 9.17) is 9.47 Å². The number of ether oxygens (including phenoxy) is 2. The summed E-state index contributed by atoms with van der Waals surface area (Å²) in [5.41, 5.74) is 3.37. The van der Waals surface area contributed by atoms with Gasteiger partial charge in [-0.2, -0.15) is 0 Å². The highest BCUT2D eigenvalue weighted by atomic mass is 16.5. The smallest absolute Gasteiger partial charge is 0.260 e. The maximum Gasteiger partial charge on any atom is 0.260 e. The van der Waals surface area contributed by atoms with E-state index in [-0.39, 0.29) is 18.4 Å². The molecule has 1 saturated heterocycles. The molecule has 6 nitrogen and oxygen atoms in total. The summed E-state index contributed by atoms with van der Waals surface area (Å²) in [6, 6.07) is 13.7. The molecule has 0 aromatic heterocycles. The van der Waals surface area contributed by atoms with Gasteiger partial charge < -0.3 is 19.3 Å². The van der Waals surface area contributed by atoms with E-state index in [0.717, 1.165) is 28.9 Å². The van der Waals surface area contributed by atoms with Crippen LogP contribution in [0.3, 0.4) is 0 Å². The molecule has 0 aliphatic carbocycles. The van der Waals surface area contributed by atoms with Crippen LogP contribution in [0.4, 0.5) is 0 Å². The van der Waals surface area contributed by atoms with E-state index in [1.807, 2.05) is 68.1 Å². The van der Waals surface area contributed by atoms with Gasteiger partial charge in [-0.25, -0.2) is 0 Å². The highest BCUT2D eigenvalue weighted by Crippen LogP contribution is 2.22. The number of benzene rings is 2. The number of nitrogens with zero attached hydrogens (tertiary/aromatic N) is 2. The Morgan fingerprint density at radius 3 is 2.09 bits per heavy atom. The first-order chi connectivity index (χ1) is 15.4. The van der Waals surface area contributed by atoms with Crippen molar-refractivity contribution in [3.8, 4) is 11.5 Å². The fourth-order valence-corrected chi connectivity index (χ4v) is 3.87. The normalized spacial score (nSPS) is 14.1. The molecule has 2 aromatic rings. The van der Waals surface area contributed by atoms with E-state index in [0.29, 0.717) is 51.4 Å². The monoisotopic (exact) mass is 438 g/mol. The van der Waals surface area contributed by atoms with Crippen LogP contribution in [0.5, 0.6) is 11.5 Å². The number of hydrogen-bond acceptors (Lipinski definition) is 4. The zero-order valence-corrected chi connectivity index (χ0v) is 19.4. The molecule has 0 radical (unpaired) electrons. The zero-order valence-electron chi connectivity index (χ0n) is 19.4. The minimum Gasteiger partial charge on any atom is -0.493 e. The summed E-state index contributed by atoms with van der Waals surface area (Å²) in [6.07, 6.45) is 1.91. The Labute approximate surface area is 191 Å². The Balaban J connectivity index is 1.38. The van der Waals surface area contributed by atoms with Gasteiger partial charge in [-0.3, -0.25) is 9.59 Å². The zero-order chi connectivity index (χ0) is 22.9. The Morgan fingerprint density at radius 1 is 0.812 bits per heavy atom. The van der Waals surface area contributed by atoms with Crippen molar-refractivity contribution in [2.75, 3.05) is 39.4 Å². The average molecular weight is 439 g/mol. The molecule has 3 rings (SSSR count). The summed E-state index contributed by atoms with van der Waals surface area (Å²) in [5, 5.41) is 0. The van der Waals surface area contributed by atoms with E-state index in [2.05, 4.69) is 0 Å². The van der Waals surface area contributed by atoms with E-state index < -0.39 is 0 Å². The summed E-state index contributed by atoms with van der Waals surface area (Å²) in [6.45, 7) is 9.05. The van der Waals surface area contributed by atoms with Crippen molar-refractivity contribution >= 4 is 11.8 Å². The third kappa shape index (κ3) is 6.74. The molecule has 0 N–H and O–H groups in total. The first-order valence-corrected chi connectivity index (χ1v) is 11.4. The lowest BCUT2D eigenvalue weighted by Gasteiger charge is -2.22. The van der Waals surface area contributed by atoms with Crippen molar-refractivity contribution in [3.63, 3.8) is 0 Å². The van der Waals surface area contributed by atoms with Crippen molar-refractivity contribution in [1.82, 2.24) is 9.80 Å². The number of hydrogen-bond donors (Lipinski definition) is 0. The molecule has 2 aromatic carbocycles. The first-order valence-electron chi connectivity index (χ1n) is 11.4. The first kappa shape index (κ1) is 23.6. The van der Waals surface area contributed by atoms with Crippen molar-refractivity contribution in [1.29, 1.82) is 0 Å². The molecule has 2 amide bonds. The van der Waals surface area contributed by atoms with Crippen LogP contribution >= 0.6 is 0 Å². The van der Waals surface area contributed by atoms with Crippen LogP contribution in [0.2, 0.25) is 0 Å². The Kier molecular flexibility index (Phi) is 8.54. The lowest BCUT2D eigenvalue weighted by molar-refractivity contribution is -0.134. The van der Waals surface area contributed by atoms with Gasteiger partial charge in [0.15, 0.2) is 6.61 Å². The van der Waals surface area contributed by atoms with E-state index >= 15 is 0 Å². The number of carbonyl (C=O) groups excluding carboxylic acids is 2. The predicted octanol–water partition coefficient (Wildman–Crippen LogP) is 3.91. The van der Waals surface area contributed by atoms with Crippen molar-refractivity contribution < 1.29 is 19.1 Å². The Bertz CT molecular complexity index is 890. The number of aryl methyl sites for hydroxylation is 3. The van der Waals surface area contributed by atoms with Crippen LogP contribution in [0, 0.1) is 20.8 Å². The van der Waals surface area contributed by atoms with E-state index in [1.165, 1.54) is 0 Å². The molecule has 0 bridgehead atoms. The largest absolute Gasteiger partial charge is 0.493 e. The molecule has 0 spiro atoms. The van der Waals surface area contributed by atoms with Gasteiger partial charge in [-0.05, 0) is 56.9 Å². The maximum absolute atomic E-state index is 12.7. The van der Waals surface area contributed by atoms with Gasteiger partial charge in [-0.15, -0.1) is 0 Å². The summed E-state index contributed by atoms with van der Waals surface area (Å²) >= 11 is 0. The molecule has 1 heterocycles. The molecule has 1 fully saturated rings. The molecule has 1 aliphatic heterocycles. The number of rotatable bonds is 8. The standard InChI is InChI=1S/C26H34N2O4/c1-20-10-12-23(13-11-20)32-19-25(30)28-15-6-14-27(16-17-28)24(29)9-5-18-31-26-21(2)7-4-8-22(26)3/h4,7-8,10-13H,5-6,9,14-19H2,1-3H3. The molecule has 172 valence electrons. The van der Waals surface area contributed by atoms with Crippen LogP contribution in [0.1, 0.15) is 36.0 Å². The summed E-state index contributed by atoms with van der Waals surface area (Å²) in [7, 11) is 0. The number of para-hydroxylation sites is 1. The van der Waals surface area contributed by atoms with Gasteiger partial charge >= 0.3 is 0 Å². The molecule has 6 heteroatoms. The van der Waals surface area contributed by atoms with Gasteiger partial charge in [0, 0.05) is 32.6 Å². The Hall–Kier alpha value is -3.02. The fourth-order valence-electron chi connectivity index (χ4n) is 3.87. The molecule has 32 heavy (non-hydrogen) atoms. The fraction of sp³-hybridized carbons (Fsp3) is 0.462. The van der Waals surface area contributed by atoms with Crippen LogP contribution in [-0.2, 0) is 9.59 Å². The average Bonchev–Trinajstić information content (AvgIpc) is 3.04. The topological polar surface area (TPSA) is 59.1 Å². The third-order valence-corrected chi connectivity index (χ3v) is 5.77. The lowest BCUT2D eigenvalue weighted by Crippen LogP contribution is -2.39. The van der Waals surface area contributed by atoms with Crippen molar-refractivity contribution in [2.45, 2.75) is 40.0 Å². The van der Waals surface area contributed by atoms with Crippen LogP contribution < -0.4 is 9.47 Å². The minimum absolute atomic E-state index is 0.0205. The highest BCUT2D eigenvalue weighted by Gasteiger charge is 2.22. The second-order valence-corrected chi connectivity index (χ2v) is 8.39. The summed E-state index contributed by atoms with van der Waals surface area (Å²) < 4.78 is 11.5. The van der Waals surface area contributed by atoms with Gasteiger partial charge in [0.25, 0.3) is 5.91 Å².